The zero-order valence-corrected chi connectivity index (χ0v) is 12.4. The molecule has 0 aliphatic rings. The number of ether oxygens (including phenoxy) is 1. The predicted molar refractivity (Wildman–Crippen MR) is 79.5 cm³/mol. The summed E-state index contributed by atoms with van der Waals surface area (Å²) < 4.78 is 5.08. The van der Waals surface area contributed by atoms with E-state index in [1.807, 2.05) is 6.92 Å². The zero-order valence-electron chi connectivity index (χ0n) is 12.4. The van der Waals surface area contributed by atoms with Gasteiger partial charge in [0, 0.05) is 12.1 Å². The molecule has 1 atom stereocenters. The average Bonchev–Trinajstić information content (AvgIpc) is 2.49. The quantitative estimate of drug-likeness (QED) is 0.623. The van der Waals surface area contributed by atoms with E-state index in [9.17, 15) is 14.4 Å². The van der Waals surface area contributed by atoms with Crippen LogP contribution in [0.5, 0.6) is 5.75 Å². The molecule has 0 spiro atoms. The zero-order chi connectivity index (χ0) is 16.5. The third-order valence-electron chi connectivity index (χ3n) is 2.99. The van der Waals surface area contributed by atoms with E-state index in [1.54, 1.807) is 12.1 Å². The number of hydrogen-bond donors (Lipinski definition) is 3. The minimum atomic E-state index is -0.919. The van der Waals surface area contributed by atoms with Crippen molar-refractivity contribution in [3.63, 3.8) is 0 Å². The van der Waals surface area contributed by atoms with Crippen LogP contribution in [0.2, 0.25) is 0 Å². The molecule has 2 amide bonds. The molecule has 1 aromatic carbocycles. The number of hydrogen-bond acceptors (Lipinski definition) is 4. The number of rotatable bonds is 9. The molecule has 1 rings (SSSR count). The lowest BCUT2D eigenvalue weighted by atomic mass is 10.0. The molecule has 0 saturated carbocycles. The molecule has 0 heterocycles. The van der Waals surface area contributed by atoms with Gasteiger partial charge in [0.2, 0.25) is 0 Å². The van der Waals surface area contributed by atoms with Crippen LogP contribution in [0.3, 0.4) is 0 Å². The lowest BCUT2D eigenvalue weighted by Crippen LogP contribution is -2.32. The molecule has 0 aliphatic carbocycles. The topological polar surface area (TPSA) is 119 Å². The summed E-state index contributed by atoms with van der Waals surface area (Å²) >= 11 is 0. The number of carboxylic acids is 1. The maximum absolute atomic E-state index is 11.9. The number of carbonyl (C=O) groups excluding carboxylic acids is 2. The summed E-state index contributed by atoms with van der Waals surface area (Å²) in [6, 6.07) is 6.14. The second kappa shape index (κ2) is 8.66. The van der Waals surface area contributed by atoms with Crippen molar-refractivity contribution in [2.45, 2.75) is 19.8 Å². The first kappa shape index (κ1) is 17.5. The molecule has 1 aromatic rings. The van der Waals surface area contributed by atoms with Gasteiger partial charge in [-0.15, -0.1) is 0 Å². The van der Waals surface area contributed by atoms with Gasteiger partial charge >= 0.3 is 5.97 Å². The Kier molecular flexibility index (Phi) is 6.88. The fourth-order valence-electron chi connectivity index (χ4n) is 1.84. The number of aliphatic carboxylic acids is 1. The molecule has 7 nitrogen and oxygen atoms in total. The molecular weight excluding hydrogens is 288 g/mol. The second-order valence-electron chi connectivity index (χ2n) is 4.81. The van der Waals surface area contributed by atoms with E-state index >= 15 is 0 Å². The van der Waals surface area contributed by atoms with E-state index in [2.05, 4.69) is 5.32 Å². The number of carboxylic acid groups (broad SMARTS) is 1. The number of carbonyl (C=O) groups is 3. The van der Waals surface area contributed by atoms with Gasteiger partial charge in [0.05, 0.1) is 5.92 Å². The van der Waals surface area contributed by atoms with Crippen molar-refractivity contribution >= 4 is 17.8 Å². The Bertz CT molecular complexity index is 527. The second-order valence-corrected chi connectivity index (χ2v) is 4.81. The smallest absolute Gasteiger partial charge is 0.308 e. The molecule has 0 aliphatic heterocycles. The van der Waals surface area contributed by atoms with Gasteiger partial charge in [-0.1, -0.05) is 13.3 Å². The van der Waals surface area contributed by atoms with Crippen molar-refractivity contribution in [3.8, 4) is 5.75 Å². The largest absolute Gasteiger partial charge is 0.484 e. The van der Waals surface area contributed by atoms with Gasteiger partial charge in [-0.3, -0.25) is 14.4 Å². The maximum atomic E-state index is 11.9. The van der Waals surface area contributed by atoms with Gasteiger partial charge < -0.3 is 20.9 Å². The van der Waals surface area contributed by atoms with Crippen LogP contribution in [0, 0.1) is 5.92 Å². The molecule has 0 fully saturated rings. The highest BCUT2D eigenvalue weighted by Crippen LogP contribution is 2.12. The summed E-state index contributed by atoms with van der Waals surface area (Å²) in [5.74, 6) is -2.03. The Morgan fingerprint density at radius 2 is 1.91 bits per heavy atom. The fraction of sp³-hybridized carbons (Fsp3) is 0.400. The number of nitrogens with one attached hydrogen (secondary N) is 1. The summed E-state index contributed by atoms with van der Waals surface area (Å²) in [7, 11) is 0. The number of nitrogens with two attached hydrogens (primary N) is 1. The first-order valence-corrected chi connectivity index (χ1v) is 6.96. The van der Waals surface area contributed by atoms with Crippen LogP contribution >= 0.6 is 0 Å². The highest BCUT2D eigenvalue weighted by Gasteiger charge is 2.17. The van der Waals surface area contributed by atoms with E-state index in [4.69, 9.17) is 15.6 Å². The van der Waals surface area contributed by atoms with E-state index in [1.165, 1.54) is 12.1 Å². The standard InChI is InChI=1S/C15H20N2O5/c1-2-3-11(15(20)21)8-17-14(19)10-4-6-12(7-5-10)22-9-13(16)18/h4-7,11H,2-3,8-9H2,1H3,(H2,16,18)(H,17,19)(H,20,21). The van der Waals surface area contributed by atoms with Crippen molar-refractivity contribution in [1.82, 2.24) is 5.32 Å². The van der Waals surface area contributed by atoms with Crippen LogP contribution in [-0.2, 0) is 9.59 Å². The van der Waals surface area contributed by atoms with Gasteiger partial charge in [0.1, 0.15) is 5.75 Å². The van der Waals surface area contributed by atoms with Crippen molar-refractivity contribution in [3.05, 3.63) is 29.8 Å². The molecule has 0 bridgehead atoms. The van der Waals surface area contributed by atoms with Gasteiger partial charge in [0.25, 0.3) is 11.8 Å². The van der Waals surface area contributed by atoms with Crippen LogP contribution in [-0.4, -0.2) is 36.0 Å². The molecule has 7 heteroatoms. The molecule has 120 valence electrons. The molecule has 1 unspecified atom stereocenters. The summed E-state index contributed by atoms with van der Waals surface area (Å²) in [6.07, 6.45) is 1.24. The molecule has 4 N–H and O–H groups in total. The first-order chi connectivity index (χ1) is 10.4. The Hall–Kier alpha value is -2.57. The number of amides is 2. The number of primary amides is 1. The highest BCUT2D eigenvalue weighted by molar-refractivity contribution is 5.94. The Labute approximate surface area is 128 Å². The normalized spacial score (nSPS) is 11.5. The van der Waals surface area contributed by atoms with Crippen molar-refractivity contribution < 1.29 is 24.2 Å². The Morgan fingerprint density at radius 1 is 1.27 bits per heavy atom. The van der Waals surface area contributed by atoms with Crippen LogP contribution in [0.4, 0.5) is 0 Å². The highest BCUT2D eigenvalue weighted by atomic mass is 16.5. The van der Waals surface area contributed by atoms with Gasteiger partial charge in [0.15, 0.2) is 6.61 Å². The van der Waals surface area contributed by atoms with Crippen LogP contribution in [0.25, 0.3) is 0 Å². The summed E-state index contributed by atoms with van der Waals surface area (Å²) in [5, 5.41) is 11.6. The van der Waals surface area contributed by atoms with Crippen molar-refractivity contribution in [2.75, 3.05) is 13.2 Å². The molecule has 0 saturated heterocycles. The fourth-order valence-corrected chi connectivity index (χ4v) is 1.84. The summed E-state index contributed by atoms with van der Waals surface area (Å²) in [6.45, 7) is 1.74. The molecular formula is C15H20N2O5. The monoisotopic (exact) mass is 308 g/mol. The van der Waals surface area contributed by atoms with E-state index in [-0.39, 0.29) is 19.1 Å². The Morgan fingerprint density at radius 3 is 2.41 bits per heavy atom. The minimum absolute atomic E-state index is 0.0853. The van der Waals surface area contributed by atoms with Crippen LogP contribution < -0.4 is 15.8 Å². The third kappa shape index (κ3) is 5.82. The van der Waals surface area contributed by atoms with Crippen molar-refractivity contribution in [1.29, 1.82) is 0 Å². The van der Waals surface area contributed by atoms with E-state index in [0.29, 0.717) is 17.7 Å². The average molecular weight is 308 g/mol. The Balaban J connectivity index is 2.54. The third-order valence-corrected chi connectivity index (χ3v) is 2.99. The lowest BCUT2D eigenvalue weighted by molar-refractivity contribution is -0.141. The maximum Gasteiger partial charge on any atom is 0.308 e. The first-order valence-electron chi connectivity index (χ1n) is 6.96. The van der Waals surface area contributed by atoms with Gasteiger partial charge in [-0.05, 0) is 30.7 Å². The lowest BCUT2D eigenvalue weighted by Gasteiger charge is -2.12. The summed E-state index contributed by atoms with van der Waals surface area (Å²) in [4.78, 5) is 33.5. The molecule has 0 radical (unpaired) electrons. The van der Waals surface area contributed by atoms with E-state index < -0.39 is 17.8 Å². The van der Waals surface area contributed by atoms with Gasteiger partial charge in [-0.2, -0.15) is 0 Å². The molecule has 0 aromatic heterocycles. The van der Waals surface area contributed by atoms with E-state index in [0.717, 1.165) is 6.42 Å². The molecule has 22 heavy (non-hydrogen) atoms. The SMILES string of the molecule is CCCC(CNC(=O)c1ccc(OCC(N)=O)cc1)C(=O)O. The summed E-state index contributed by atoms with van der Waals surface area (Å²) in [5.41, 5.74) is 5.34. The van der Waals surface area contributed by atoms with Crippen LogP contribution in [0.1, 0.15) is 30.1 Å². The minimum Gasteiger partial charge on any atom is -0.484 e. The number of benzene rings is 1. The predicted octanol–water partition coefficient (Wildman–Crippen LogP) is 0.781. The van der Waals surface area contributed by atoms with Crippen LogP contribution in [0.15, 0.2) is 24.3 Å². The van der Waals surface area contributed by atoms with Gasteiger partial charge in [-0.25, -0.2) is 0 Å². The van der Waals surface area contributed by atoms with Crippen molar-refractivity contribution in [2.24, 2.45) is 11.7 Å².